The number of carbonyl (C=O) groups is 1. The molecular weight excluding hydrogens is 260 g/mol. The normalized spacial score (nSPS) is 9.70. The molecule has 0 saturated heterocycles. The Morgan fingerprint density at radius 1 is 1.15 bits per heavy atom. The molecule has 0 atom stereocenters. The second kappa shape index (κ2) is 6.42. The summed E-state index contributed by atoms with van der Waals surface area (Å²) in [7, 11) is 3.05. The highest BCUT2D eigenvalue weighted by Crippen LogP contribution is 2.28. The molecule has 1 heterocycles. The van der Waals surface area contributed by atoms with Crippen molar-refractivity contribution < 1.29 is 19.0 Å². The minimum absolute atomic E-state index is 0.215. The van der Waals surface area contributed by atoms with Crippen LogP contribution in [0, 0.1) is 0 Å². The van der Waals surface area contributed by atoms with Crippen LogP contribution in [0.25, 0.3) is 0 Å². The predicted molar refractivity (Wildman–Crippen MR) is 73.4 cm³/mol. The van der Waals surface area contributed by atoms with Gasteiger partial charge in [0.05, 0.1) is 19.9 Å². The fourth-order valence-corrected chi connectivity index (χ4v) is 1.55. The lowest BCUT2D eigenvalue weighted by molar-refractivity contribution is 0.213. The molecule has 0 fully saturated rings. The summed E-state index contributed by atoms with van der Waals surface area (Å²) in [5.74, 6) is 1.31. The molecule has 0 spiro atoms. The van der Waals surface area contributed by atoms with Crippen LogP contribution in [0.15, 0.2) is 42.6 Å². The van der Waals surface area contributed by atoms with Crippen molar-refractivity contribution in [3.05, 3.63) is 42.6 Å². The monoisotopic (exact) mass is 274 g/mol. The number of aromatic nitrogens is 1. The van der Waals surface area contributed by atoms with E-state index in [1.807, 2.05) is 0 Å². The first-order valence-corrected chi connectivity index (χ1v) is 5.85. The van der Waals surface area contributed by atoms with Crippen molar-refractivity contribution >= 4 is 11.8 Å². The number of anilines is 1. The van der Waals surface area contributed by atoms with Crippen LogP contribution in [0.3, 0.4) is 0 Å². The highest BCUT2D eigenvalue weighted by atomic mass is 16.6. The summed E-state index contributed by atoms with van der Waals surface area (Å²) >= 11 is 0. The predicted octanol–water partition coefficient (Wildman–Crippen LogP) is 2.71. The molecule has 1 aromatic heterocycles. The lowest BCUT2D eigenvalue weighted by Crippen LogP contribution is -2.17. The Hall–Kier alpha value is -2.76. The van der Waals surface area contributed by atoms with Crippen molar-refractivity contribution in [2.75, 3.05) is 19.5 Å². The van der Waals surface area contributed by atoms with Crippen molar-refractivity contribution in [2.45, 2.75) is 0 Å². The Morgan fingerprint density at radius 3 is 2.65 bits per heavy atom. The van der Waals surface area contributed by atoms with Crippen molar-refractivity contribution in [2.24, 2.45) is 0 Å². The zero-order valence-electron chi connectivity index (χ0n) is 11.1. The maximum absolute atomic E-state index is 11.8. The minimum atomic E-state index is -0.657. The standard InChI is InChI=1S/C14H14N2O4/c1-18-10-6-7-12(19-2)11(9-10)16-14(17)20-13-5-3-4-8-15-13/h3-9H,1-2H3,(H,16,17). The van der Waals surface area contributed by atoms with Crippen LogP contribution < -0.4 is 19.5 Å². The number of carbonyl (C=O) groups excluding carboxylic acids is 1. The first kappa shape index (κ1) is 13.7. The fraction of sp³-hybridized carbons (Fsp3) is 0.143. The van der Waals surface area contributed by atoms with Crippen LogP contribution in [-0.2, 0) is 0 Å². The Kier molecular flexibility index (Phi) is 4.39. The number of amides is 1. The Bertz CT molecular complexity index is 587. The number of ether oxygens (including phenoxy) is 3. The van der Waals surface area contributed by atoms with Crippen LogP contribution >= 0.6 is 0 Å². The molecule has 0 aliphatic heterocycles. The number of pyridine rings is 1. The Balaban J connectivity index is 2.10. The zero-order chi connectivity index (χ0) is 14.4. The third-order valence-electron chi connectivity index (χ3n) is 2.48. The lowest BCUT2D eigenvalue weighted by Gasteiger charge is -2.11. The van der Waals surface area contributed by atoms with Crippen molar-refractivity contribution in [1.82, 2.24) is 4.98 Å². The van der Waals surface area contributed by atoms with Crippen LogP contribution in [-0.4, -0.2) is 25.3 Å². The van der Waals surface area contributed by atoms with E-state index in [1.165, 1.54) is 20.4 Å². The summed E-state index contributed by atoms with van der Waals surface area (Å²) in [6.45, 7) is 0. The van der Waals surface area contributed by atoms with Gasteiger partial charge in [0.15, 0.2) is 0 Å². The van der Waals surface area contributed by atoms with Crippen LogP contribution in [0.5, 0.6) is 17.4 Å². The molecule has 0 radical (unpaired) electrons. The van der Waals surface area contributed by atoms with Crippen LogP contribution in [0.4, 0.5) is 10.5 Å². The second-order valence-corrected chi connectivity index (χ2v) is 3.75. The quantitative estimate of drug-likeness (QED) is 0.928. The molecule has 2 rings (SSSR count). The van der Waals surface area contributed by atoms with Gasteiger partial charge in [-0.25, -0.2) is 9.78 Å². The van der Waals surface area contributed by atoms with Crippen molar-refractivity contribution in [1.29, 1.82) is 0 Å². The summed E-state index contributed by atoms with van der Waals surface area (Å²) in [6, 6.07) is 10.1. The van der Waals surface area contributed by atoms with Gasteiger partial charge in [0.2, 0.25) is 5.88 Å². The molecule has 6 nitrogen and oxygen atoms in total. The number of hydrogen-bond acceptors (Lipinski definition) is 5. The van der Waals surface area contributed by atoms with E-state index in [4.69, 9.17) is 14.2 Å². The number of rotatable bonds is 4. The maximum atomic E-state index is 11.8. The van der Waals surface area contributed by atoms with Gasteiger partial charge >= 0.3 is 6.09 Å². The molecule has 0 saturated carbocycles. The Labute approximate surface area is 116 Å². The molecule has 0 unspecified atom stereocenters. The molecule has 1 aromatic carbocycles. The third kappa shape index (κ3) is 3.38. The van der Waals surface area contributed by atoms with E-state index < -0.39 is 6.09 Å². The van der Waals surface area contributed by atoms with Gasteiger partial charge < -0.3 is 14.2 Å². The average molecular weight is 274 g/mol. The smallest absolute Gasteiger partial charge is 0.418 e. The SMILES string of the molecule is COc1ccc(OC)c(NC(=O)Oc2ccccn2)c1. The summed E-state index contributed by atoms with van der Waals surface area (Å²) in [5.41, 5.74) is 0.452. The van der Waals surface area contributed by atoms with E-state index in [0.717, 1.165) is 0 Å². The molecule has 1 N–H and O–H groups in total. The van der Waals surface area contributed by atoms with E-state index in [1.54, 1.807) is 36.4 Å². The maximum Gasteiger partial charge on any atom is 0.418 e. The average Bonchev–Trinajstić information content (AvgIpc) is 2.48. The zero-order valence-corrected chi connectivity index (χ0v) is 11.1. The highest BCUT2D eigenvalue weighted by Gasteiger charge is 2.11. The number of benzene rings is 1. The van der Waals surface area contributed by atoms with E-state index in [-0.39, 0.29) is 5.88 Å². The highest BCUT2D eigenvalue weighted by molar-refractivity contribution is 5.88. The van der Waals surface area contributed by atoms with Crippen molar-refractivity contribution in [3.63, 3.8) is 0 Å². The molecule has 2 aromatic rings. The number of hydrogen-bond donors (Lipinski definition) is 1. The molecular formula is C14H14N2O4. The van der Waals surface area contributed by atoms with Crippen LogP contribution in [0.1, 0.15) is 0 Å². The summed E-state index contributed by atoms with van der Waals surface area (Å²) < 4.78 is 15.3. The molecule has 0 aliphatic carbocycles. The first-order valence-electron chi connectivity index (χ1n) is 5.85. The van der Waals surface area contributed by atoms with E-state index >= 15 is 0 Å². The summed E-state index contributed by atoms with van der Waals surface area (Å²) in [6.07, 6.45) is 0.879. The molecule has 104 valence electrons. The van der Waals surface area contributed by atoms with E-state index in [9.17, 15) is 4.79 Å². The first-order chi connectivity index (χ1) is 9.72. The molecule has 0 bridgehead atoms. The fourth-order valence-electron chi connectivity index (χ4n) is 1.55. The number of nitrogens with one attached hydrogen (secondary N) is 1. The minimum Gasteiger partial charge on any atom is -0.497 e. The van der Waals surface area contributed by atoms with Gasteiger partial charge in [0, 0.05) is 18.3 Å². The van der Waals surface area contributed by atoms with Gasteiger partial charge in [-0.05, 0) is 18.2 Å². The number of nitrogens with zero attached hydrogens (tertiary/aromatic N) is 1. The molecule has 20 heavy (non-hydrogen) atoms. The van der Waals surface area contributed by atoms with Gasteiger partial charge in [-0.1, -0.05) is 6.07 Å². The van der Waals surface area contributed by atoms with Gasteiger partial charge in [-0.15, -0.1) is 0 Å². The molecule has 1 amide bonds. The largest absolute Gasteiger partial charge is 0.497 e. The summed E-state index contributed by atoms with van der Waals surface area (Å²) in [5, 5.41) is 2.58. The Morgan fingerprint density at radius 2 is 2.00 bits per heavy atom. The molecule has 0 aliphatic rings. The lowest BCUT2D eigenvalue weighted by atomic mass is 10.2. The molecule has 6 heteroatoms. The second-order valence-electron chi connectivity index (χ2n) is 3.75. The van der Waals surface area contributed by atoms with Crippen molar-refractivity contribution in [3.8, 4) is 17.4 Å². The van der Waals surface area contributed by atoms with Gasteiger partial charge in [-0.3, -0.25) is 5.32 Å². The topological polar surface area (TPSA) is 69.7 Å². The van der Waals surface area contributed by atoms with Gasteiger partial charge in [-0.2, -0.15) is 0 Å². The van der Waals surface area contributed by atoms with Gasteiger partial charge in [0.1, 0.15) is 11.5 Å². The third-order valence-corrected chi connectivity index (χ3v) is 2.48. The van der Waals surface area contributed by atoms with Crippen LogP contribution in [0.2, 0.25) is 0 Å². The van der Waals surface area contributed by atoms with Gasteiger partial charge in [0.25, 0.3) is 0 Å². The number of methoxy groups -OCH3 is 2. The summed E-state index contributed by atoms with van der Waals surface area (Å²) in [4.78, 5) is 15.7. The van der Waals surface area contributed by atoms with E-state index in [2.05, 4.69) is 10.3 Å². The van der Waals surface area contributed by atoms with E-state index in [0.29, 0.717) is 17.2 Å².